The van der Waals surface area contributed by atoms with Crippen LogP contribution in [-0.2, 0) is 16.1 Å². The topological polar surface area (TPSA) is 88.1 Å². The van der Waals surface area contributed by atoms with E-state index in [-0.39, 0.29) is 12.3 Å². The van der Waals surface area contributed by atoms with Gasteiger partial charge in [-0.3, -0.25) is 14.8 Å². The second-order valence-corrected chi connectivity index (χ2v) is 7.49. The standard InChI is InChI=1S/C18H26N2O5/c1-17(2)11-25-14-8-12(16(22)19-23)6-7-13(14)10-20(17)15(21)9-18(3,4)24-5/h6-8,23H,9-11H2,1-5H3,(H,19,22). The SMILES string of the molecule is COC(C)(C)CC(=O)N1Cc2ccc(C(=O)NO)cc2OCC1(C)C. The Kier molecular flexibility index (Phi) is 5.39. The summed E-state index contributed by atoms with van der Waals surface area (Å²) in [5, 5.41) is 8.77. The van der Waals surface area contributed by atoms with Crippen LogP contribution in [0.3, 0.4) is 0 Å². The molecule has 1 aromatic carbocycles. The van der Waals surface area contributed by atoms with Gasteiger partial charge >= 0.3 is 0 Å². The fourth-order valence-corrected chi connectivity index (χ4v) is 2.70. The zero-order chi connectivity index (χ0) is 18.8. The predicted molar refractivity (Wildman–Crippen MR) is 91.5 cm³/mol. The number of benzene rings is 1. The molecule has 1 heterocycles. The Bertz CT molecular complexity index is 669. The number of nitrogens with zero attached hydrogens (tertiary/aromatic N) is 1. The molecule has 1 aromatic rings. The fraction of sp³-hybridized carbons (Fsp3) is 0.556. The Hall–Kier alpha value is -2.12. The third-order valence-electron chi connectivity index (χ3n) is 4.50. The summed E-state index contributed by atoms with van der Waals surface area (Å²) in [5.41, 5.74) is 1.64. The van der Waals surface area contributed by atoms with Crippen LogP contribution in [-0.4, -0.2) is 46.8 Å². The molecule has 0 atom stereocenters. The van der Waals surface area contributed by atoms with Crippen molar-refractivity contribution < 1.29 is 24.3 Å². The lowest BCUT2D eigenvalue weighted by molar-refractivity contribution is -0.143. The lowest BCUT2D eigenvalue weighted by Gasteiger charge is -2.38. The van der Waals surface area contributed by atoms with Crippen LogP contribution in [0.1, 0.15) is 50.0 Å². The first-order valence-corrected chi connectivity index (χ1v) is 8.15. The number of carbonyl (C=O) groups excluding carboxylic acids is 2. The molecule has 25 heavy (non-hydrogen) atoms. The minimum atomic E-state index is -0.607. The molecule has 7 nitrogen and oxygen atoms in total. The van der Waals surface area contributed by atoms with Gasteiger partial charge in [-0.15, -0.1) is 0 Å². The van der Waals surface area contributed by atoms with Crippen molar-refractivity contribution in [3.8, 4) is 5.75 Å². The highest BCUT2D eigenvalue weighted by atomic mass is 16.5. The summed E-state index contributed by atoms with van der Waals surface area (Å²) in [5.74, 6) is -0.0920. The van der Waals surface area contributed by atoms with E-state index in [0.717, 1.165) is 5.56 Å². The molecule has 2 amide bonds. The van der Waals surface area contributed by atoms with Gasteiger partial charge in [-0.05, 0) is 39.8 Å². The molecule has 0 spiro atoms. The molecule has 7 heteroatoms. The number of carbonyl (C=O) groups is 2. The van der Waals surface area contributed by atoms with E-state index in [1.54, 1.807) is 35.7 Å². The summed E-state index contributed by atoms with van der Waals surface area (Å²) in [7, 11) is 1.59. The fourth-order valence-electron chi connectivity index (χ4n) is 2.70. The van der Waals surface area contributed by atoms with Crippen molar-refractivity contribution in [3.05, 3.63) is 29.3 Å². The number of hydroxylamine groups is 1. The number of ether oxygens (including phenoxy) is 2. The van der Waals surface area contributed by atoms with Crippen molar-refractivity contribution in [1.29, 1.82) is 0 Å². The largest absolute Gasteiger partial charge is 0.491 e. The van der Waals surface area contributed by atoms with Crippen molar-refractivity contribution in [2.75, 3.05) is 13.7 Å². The van der Waals surface area contributed by atoms with E-state index < -0.39 is 17.0 Å². The van der Waals surface area contributed by atoms with Crippen LogP contribution in [0.15, 0.2) is 18.2 Å². The molecule has 0 unspecified atom stereocenters. The molecule has 1 aliphatic rings. The summed E-state index contributed by atoms with van der Waals surface area (Å²) in [6.45, 7) is 8.31. The molecule has 0 saturated carbocycles. The van der Waals surface area contributed by atoms with Crippen LogP contribution in [0.2, 0.25) is 0 Å². The molecule has 1 aliphatic heterocycles. The minimum absolute atomic E-state index is 0.0227. The van der Waals surface area contributed by atoms with Crippen LogP contribution in [0.5, 0.6) is 5.75 Å². The second-order valence-electron chi connectivity index (χ2n) is 7.49. The number of methoxy groups -OCH3 is 1. The zero-order valence-corrected chi connectivity index (χ0v) is 15.4. The third-order valence-corrected chi connectivity index (χ3v) is 4.50. The van der Waals surface area contributed by atoms with Crippen molar-refractivity contribution in [3.63, 3.8) is 0 Å². The molecule has 2 N–H and O–H groups in total. The molecule has 0 aromatic heterocycles. The van der Waals surface area contributed by atoms with Gasteiger partial charge in [-0.2, -0.15) is 0 Å². The summed E-state index contributed by atoms with van der Waals surface area (Å²) in [6.07, 6.45) is 0.257. The Labute approximate surface area is 147 Å². The lowest BCUT2D eigenvalue weighted by atomic mass is 9.98. The van der Waals surface area contributed by atoms with E-state index in [2.05, 4.69) is 0 Å². The lowest BCUT2D eigenvalue weighted by Crippen LogP contribution is -2.51. The first kappa shape index (κ1) is 19.2. The van der Waals surface area contributed by atoms with Gasteiger partial charge < -0.3 is 14.4 Å². The maximum atomic E-state index is 12.9. The van der Waals surface area contributed by atoms with Gasteiger partial charge in [0.1, 0.15) is 12.4 Å². The highest BCUT2D eigenvalue weighted by molar-refractivity contribution is 5.93. The van der Waals surface area contributed by atoms with Crippen molar-refractivity contribution >= 4 is 11.8 Å². The first-order chi connectivity index (χ1) is 11.6. The van der Waals surface area contributed by atoms with E-state index in [1.807, 2.05) is 27.7 Å². The second kappa shape index (κ2) is 7.01. The van der Waals surface area contributed by atoms with Crippen molar-refractivity contribution in [2.24, 2.45) is 0 Å². The Morgan fingerprint density at radius 2 is 2.08 bits per heavy atom. The molecule has 0 bridgehead atoms. The van der Waals surface area contributed by atoms with Gasteiger partial charge in [0, 0.05) is 24.8 Å². The maximum absolute atomic E-state index is 12.9. The van der Waals surface area contributed by atoms with Crippen molar-refractivity contribution in [1.82, 2.24) is 10.4 Å². The number of hydrogen-bond donors (Lipinski definition) is 2. The normalized spacial score (nSPS) is 16.5. The summed E-state index contributed by atoms with van der Waals surface area (Å²) >= 11 is 0. The smallest absolute Gasteiger partial charge is 0.274 e. The molecule has 0 fully saturated rings. The number of nitrogens with one attached hydrogen (secondary N) is 1. The average Bonchev–Trinajstić information content (AvgIpc) is 2.69. The van der Waals surface area contributed by atoms with Crippen LogP contribution >= 0.6 is 0 Å². The molecule has 0 aliphatic carbocycles. The third kappa shape index (κ3) is 4.29. The maximum Gasteiger partial charge on any atom is 0.274 e. The summed E-state index contributed by atoms with van der Waals surface area (Å²) in [6, 6.07) is 4.90. The highest BCUT2D eigenvalue weighted by Crippen LogP contribution is 2.32. The molecule has 138 valence electrons. The molecular formula is C18H26N2O5. The molecule has 0 radical (unpaired) electrons. The van der Waals surface area contributed by atoms with E-state index in [0.29, 0.717) is 24.5 Å². The molecule has 2 rings (SSSR count). The van der Waals surface area contributed by atoms with Gasteiger partial charge in [-0.25, -0.2) is 5.48 Å². The van der Waals surface area contributed by atoms with Gasteiger partial charge in [0.05, 0.1) is 17.6 Å². The molecular weight excluding hydrogens is 324 g/mol. The number of rotatable bonds is 4. The van der Waals surface area contributed by atoms with Gasteiger partial charge in [-0.1, -0.05) is 6.07 Å². The number of hydrogen-bond acceptors (Lipinski definition) is 5. The van der Waals surface area contributed by atoms with Crippen LogP contribution < -0.4 is 10.2 Å². The number of fused-ring (bicyclic) bond motifs is 1. The van der Waals surface area contributed by atoms with E-state index in [4.69, 9.17) is 14.7 Å². The van der Waals surface area contributed by atoms with Crippen LogP contribution in [0, 0.1) is 0 Å². The van der Waals surface area contributed by atoms with E-state index >= 15 is 0 Å². The van der Waals surface area contributed by atoms with Crippen LogP contribution in [0.25, 0.3) is 0 Å². The Balaban J connectivity index is 2.31. The quantitative estimate of drug-likeness (QED) is 0.641. The molecule has 0 saturated heterocycles. The van der Waals surface area contributed by atoms with E-state index in [1.165, 1.54) is 0 Å². The Morgan fingerprint density at radius 1 is 1.40 bits per heavy atom. The summed E-state index contributed by atoms with van der Waals surface area (Å²) in [4.78, 5) is 26.2. The zero-order valence-electron chi connectivity index (χ0n) is 15.4. The van der Waals surface area contributed by atoms with Gasteiger partial charge in [0.15, 0.2) is 0 Å². The van der Waals surface area contributed by atoms with E-state index in [9.17, 15) is 9.59 Å². The van der Waals surface area contributed by atoms with Crippen LogP contribution in [0.4, 0.5) is 0 Å². The number of amides is 2. The average molecular weight is 350 g/mol. The first-order valence-electron chi connectivity index (χ1n) is 8.15. The minimum Gasteiger partial charge on any atom is -0.491 e. The van der Waals surface area contributed by atoms with Gasteiger partial charge in [0.25, 0.3) is 5.91 Å². The summed E-state index contributed by atoms with van der Waals surface area (Å²) < 4.78 is 11.2. The van der Waals surface area contributed by atoms with Gasteiger partial charge in [0.2, 0.25) is 5.91 Å². The monoisotopic (exact) mass is 350 g/mol. The van der Waals surface area contributed by atoms with Crippen molar-refractivity contribution in [2.45, 2.75) is 51.8 Å². The highest BCUT2D eigenvalue weighted by Gasteiger charge is 2.37. The Morgan fingerprint density at radius 3 is 2.68 bits per heavy atom. The predicted octanol–water partition coefficient (Wildman–Crippen LogP) is 2.12.